The first kappa shape index (κ1) is 13.8. The van der Waals surface area contributed by atoms with Gasteiger partial charge in [-0.2, -0.15) is 0 Å². The van der Waals surface area contributed by atoms with Crippen molar-refractivity contribution in [3.05, 3.63) is 23.2 Å². The Bertz CT molecular complexity index is 591. The van der Waals surface area contributed by atoms with Crippen LogP contribution in [0.15, 0.2) is 18.3 Å². The molecule has 0 saturated carbocycles. The van der Waals surface area contributed by atoms with E-state index in [0.29, 0.717) is 23.0 Å². The minimum Gasteiger partial charge on any atom is -0.397 e. The molecule has 1 amide bonds. The number of aromatic nitrogens is 1. The highest BCUT2D eigenvalue weighted by Crippen LogP contribution is 2.32. The summed E-state index contributed by atoms with van der Waals surface area (Å²) in [6.45, 7) is 7.63. The Kier molecular flexibility index (Phi) is 4.04. The van der Waals surface area contributed by atoms with Gasteiger partial charge in [0.2, 0.25) is 0 Å². The highest BCUT2D eigenvalue weighted by Gasteiger charge is 2.21. The molecule has 2 aromatic rings. The fourth-order valence-corrected chi connectivity index (χ4v) is 3.08. The minimum atomic E-state index is 0.0108. The van der Waals surface area contributed by atoms with E-state index in [1.165, 1.54) is 11.3 Å². The molecule has 0 aliphatic carbocycles. The molecule has 5 heteroatoms. The van der Waals surface area contributed by atoms with Crippen LogP contribution in [0.2, 0.25) is 0 Å². The maximum Gasteiger partial charge on any atom is 0.266 e. The number of nitrogens with zero attached hydrogens (tertiary/aromatic N) is 2. The first-order chi connectivity index (χ1) is 9.04. The van der Waals surface area contributed by atoms with E-state index in [0.717, 1.165) is 16.8 Å². The zero-order valence-corrected chi connectivity index (χ0v) is 12.3. The van der Waals surface area contributed by atoms with Gasteiger partial charge in [0.1, 0.15) is 9.71 Å². The van der Waals surface area contributed by atoms with Crippen LogP contribution in [-0.4, -0.2) is 28.9 Å². The Morgan fingerprint density at radius 3 is 2.84 bits per heavy atom. The van der Waals surface area contributed by atoms with Gasteiger partial charge in [-0.3, -0.25) is 4.79 Å². The van der Waals surface area contributed by atoms with Crippen molar-refractivity contribution in [3.63, 3.8) is 0 Å². The predicted octanol–water partition coefficient (Wildman–Crippen LogP) is 3.00. The number of anilines is 1. The van der Waals surface area contributed by atoms with Crippen molar-refractivity contribution in [2.24, 2.45) is 5.92 Å². The van der Waals surface area contributed by atoms with E-state index in [1.54, 1.807) is 6.20 Å². The molecule has 0 bridgehead atoms. The molecule has 2 rings (SSSR count). The van der Waals surface area contributed by atoms with Crippen LogP contribution < -0.4 is 5.73 Å². The second-order valence-electron chi connectivity index (χ2n) is 4.94. The van der Waals surface area contributed by atoms with Crippen molar-refractivity contribution in [1.29, 1.82) is 0 Å². The lowest BCUT2D eigenvalue weighted by atomic mass is 10.2. The van der Waals surface area contributed by atoms with Crippen molar-refractivity contribution in [2.45, 2.75) is 20.8 Å². The van der Waals surface area contributed by atoms with Crippen LogP contribution in [0.3, 0.4) is 0 Å². The number of rotatable bonds is 4. The lowest BCUT2D eigenvalue weighted by molar-refractivity contribution is 0.0751. The zero-order valence-electron chi connectivity index (χ0n) is 11.5. The molecule has 102 valence electrons. The van der Waals surface area contributed by atoms with Gasteiger partial charge in [0.25, 0.3) is 5.91 Å². The van der Waals surface area contributed by atoms with Gasteiger partial charge in [0.15, 0.2) is 0 Å². The molecule has 0 atom stereocenters. The van der Waals surface area contributed by atoms with Crippen LogP contribution in [0.5, 0.6) is 0 Å². The Labute approximate surface area is 117 Å². The molecular weight excluding hydrogens is 258 g/mol. The second-order valence-corrected chi connectivity index (χ2v) is 5.94. The molecule has 0 spiro atoms. The summed E-state index contributed by atoms with van der Waals surface area (Å²) < 4.78 is 0. The number of hydrogen-bond donors (Lipinski definition) is 1. The fourth-order valence-electron chi connectivity index (χ4n) is 2.05. The average molecular weight is 277 g/mol. The normalized spacial score (nSPS) is 11.2. The number of nitrogen functional groups attached to an aromatic ring is 1. The smallest absolute Gasteiger partial charge is 0.266 e. The number of pyridine rings is 1. The van der Waals surface area contributed by atoms with E-state index >= 15 is 0 Å². The number of hydrogen-bond acceptors (Lipinski definition) is 4. The summed E-state index contributed by atoms with van der Waals surface area (Å²) in [6, 6.07) is 3.75. The van der Waals surface area contributed by atoms with Crippen molar-refractivity contribution in [3.8, 4) is 0 Å². The molecule has 0 aromatic carbocycles. The average Bonchev–Trinajstić information content (AvgIpc) is 2.73. The van der Waals surface area contributed by atoms with Crippen molar-refractivity contribution >= 4 is 33.1 Å². The lowest BCUT2D eigenvalue weighted by Crippen LogP contribution is -2.33. The molecule has 0 aliphatic heterocycles. The maximum atomic E-state index is 12.5. The van der Waals surface area contributed by atoms with Gasteiger partial charge in [-0.15, -0.1) is 11.3 Å². The predicted molar refractivity (Wildman–Crippen MR) is 80.4 cm³/mol. The maximum absolute atomic E-state index is 12.5. The third kappa shape index (κ3) is 2.71. The van der Waals surface area contributed by atoms with Gasteiger partial charge >= 0.3 is 0 Å². The standard InChI is InChI=1S/C14H19N3OS/c1-4-17(8-9(2)3)14(18)12-11(15)10-6-5-7-16-13(10)19-12/h5-7,9H,4,8,15H2,1-3H3. The molecule has 0 aliphatic rings. The molecule has 0 fully saturated rings. The van der Waals surface area contributed by atoms with Gasteiger partial charge in [0, 0.05) is 24.7 Å². The van der Waals surface area contributed by atoms with E-state index in [4.69, 9.17) is 5.73 Å². The summed E-state index contributed by atoms with van der Waals surface area (Å²) in [4.78, 5) is 20.1. The Hall–Kier alpha value is -1.62. The molecule has 2 heterocycles. The molecular formula is C14H19N3OS. The number of nitrogens with two attached hydrogens (primary N) is 1. The summed E-state index contributed by atoms with van der Waals surface area (Å²) in [5, 5.41) is 0.872. The number of carbonyl (C=O) groups excluding carboxylic acids is 1. The molecule has 2 N–H and O–H groups in total. The van der Waals surface area contributed by atoms with Crippen LogP contribution in [0.4, 0.5) is 5.69 Å². The zero-order chi connectivity index (χ0) is 14.0. The van der Waals surface area contributed by atoms with Gasteiger partial charge < -0.3 is 10.6 Å². The van der Waals surface area contributed by atoms with Crippen LogP contribution in [0, 0.1) is 5.92 Å². The van der Waals surface area contributed by atoms with Crippen LogP contribution in [0.25, 0.3) is 10.2 Å². The third-order valence-electron chi connectivity index (χ3n) is 2.95. The van der Waals surface area contributed by atoms with Crippen LogP contribution in [0.1, 0.15) is 30.4 Å². The quantitative estimate of drug-likeness (QED) is 0.934. The molecule has 0 radical (unpaired) electrons. The monoisotopic (exact) mass is 277 g/mol. The van der Waals surface area contributed by atoms with E-state index in [9.17, 15) is 4.79 Å². The van der Waals surface area contributed by atoms with Crippen LogP contribution >= 0.6 is 11.3 Å². The lowest BCUT2D eigenvalue weighted by Gasteiger charge is -2.22. The van der Waals surface area contributed by atoms with E-state index in [1.807, 2.05) is 24.0 Å². The summed E-state index contributed by atoms with van der Waals surface area (Å²) in [7, 11) is 0. The summed E-state index contributed by atoms with van der Waals surface area (Å²) in [6.07, 6.45) is 1.72. The highest BCUT2D eigenvalue weighted by atomic mass is 32.1. The van der Waals surface area contributed by atoms with Gasteiger partial charge in [-0.25, -0.2) is 4.98 Å². The molecule has 4 nitrogen and oxygen atoms in total. The Morgan fingerprint density at radius 1 is 1.53 bits per heavy atom. The first-order valence-corrected chi connectivity index (χ1v) is 7.28. The van der Waals surface area contributed by atoms with Gasteiger partial charge in [-0.1, -0.05) is 13.8 Å². The van der Waals surface area contributed by atoms with Crippen LogP contribution in [-0.2, 0) is 0 Å². The van der Waals surface area contributed by atoms with E-state index in [2.05, 4.69) is 18.8 Å². The fraction of sp³-hybridized carbons (Fsp3) is 0.429. The number of amides is 1. The Balaban J connectivity index is 2.37. The van der Waals surface area contributed by atoms with E-state index in [-0.39, 0.29) is 5.91 Å². The summed E-state index contributed by atoms with van der Waals surface area (Å²) >= 11 is 1.38. The topological polar surface area (TPSA) is 59.2 Å². The minimum absolute atomic E-state index is 0.0108. The molecule has 19 heavy (non-hydrogen) atoms. The SMILES string of the molecule is CCN(CC(C)C)C(=O)c1sc2ncccc2c1N. The molecule has 0 unspecified atom stereocenters. The van der Waals surface area contributed by atoms with Crippen molar-refractivity contribution in [1.82, 2.24) is 9.88 Å². The largest absolute Gasteiger partial charge is 0.397 e. The number of thiophene rings is 1. The first-order valence-electron chi connectivity index (χ1n) is 6.46. The Morgan fingerprint density at radius 2 is 2.26 bits per heavy atom. The summed E-state index contributed by atoms with van der Waals surface area (Å²) in [5.74, 6) is 0.453. The van der Waals surface area contributed by atoms with Gasteiger partial charge in [0.05, 0.1) is 5.69 Å². The van der Waals surface area contributed by atoms with Gasteiger partial charge in [-0.05, 0) is 25.0 Å². The summed E-state index contributed by atoms with van der Waals surface area (Å²) in [5.41, 5.74) is 6.64. The number of carbonyl (C=O) groups is 1. The molecule has 2 aromatic heterocycles. The third-order valence-corrected chi connectivity index (χ3v) is 4.07. The van der Waals surface area contributed by atoms with Crippen molar-refractivity contribution in [2.75, 3.05) is 18.8 Å². The second kappa shape index (κ2) is 5.57. The number of fused-ring (bicyclic) bond motifs is 1. The van der Waals surface area contributed by atoms with E-state index < -0.39 is 0 Å². The highest BCUT2D eigenvalue weighted by molar-refractivity contribution is 7.21. The molecule has 0 saturated heterocycles. The van der Waals surface area contributed by atoms with Crippen molar-refractivity contribution < 1.29 is 4.79 Å².